The first-order chi connectivity index (χ1) is 13.5. The largest absolute Gasteiger partial charge is 0.384 e. The van der Waals surface area contributed by atoms with Gasteiger partial charge in [-0.1, -0.05) is 32.0 Å². The molecule has 2 heterocycles. The van der Waals surface area contributed by atoms with Crippen molar-refractivity contribution in [2.45, 2.75) is 39.5 Å². The Hall–Kier alpha value is -2.25. The molecule has 2 aromatic rings. The summed E-state index contributed by atoms with van der Waals surface area (Å²) in [5, 5.41) is 10.9. The summed E-state index contributed by atoms with van der Waals surface area (Å²) in [6.45, 7) is 9.25. The van der Waals surface area contributed by atoms with Gasteiger partial charge in [0.2, 0.25) is 5.82 Å². The van der Waals surface area contributed by atoms with Crippen LogP contribution < -0.4 is 10.6 Å². The van der Waals surface area contributed by atoms with Crippen molar-refractivity contribution in [3.05, 3.63) is 41.5 Å². The number of hydrogen-bond acceptors (Lipinski definition) is 5. The van der Waals surface area contributed by atoms with Gasteiger partial charge in [-0.3, -0.25) is 4.79 Å². The lowest BCUT2D eigenvalue weighted by atomic mass is 9.79. The molecule has 152 valence electrons. The molecule has 0 radical (unpaired) electrons. The molecule has 1 aliphatic heterocycles. The standard InChI is InChI=1S/C21H31N5O2/c1-15(2)17-7-5-6-8-18(17)26-16(3)24-19(25-26)20(27)23-13-21(14-28-4)9-11-22-12-10-21/h5-8,15,22H,9-14H2,1-4H3,(H,23,27). The van der Waals surface area contributed by atoms with Crippen LogP contribution in [0.4, 0.5) is 0 Å². The Kier molecular flexibility index (Phi) is 6.46. The fourth-order valence-corrected chi connectivity index (χ4v) is 3.87. The molecule has 1 aliphatic rings. The van der Waals surface area contributed by atoms with Crippen LogP contribution in [0.3, 0.4) is 0 Å². The Labute approximate surface area is 166 Å². The summed E-state index contributed by atoms with van der Waals surface area (Å²) in [5.41, 5.74) is 2.12. The third-order valence-electron chi connectivity index (χ3n) is 5.50. The fraction of sp³-hybridized carbons (Fsp3) is 0.571. The maximum atomic E-state index is 12.7. The van der Waals surface area contributed by atoms with Gasteiger partial charge in [-0.15, -0.1) is 5.10 Å². The van der Waals surface area contributed by atoms with Crippen LogP contribution in [0.2, 0.25) is 0 Å². The average Bonchev–Trinajstić information content (AvgIpc) is 3.09. The summed E-state index contributed by atoms with van der Waals surface area (Å²) in [4.78, 5) is 17.2. The van der Waals surface area contributed by atoms with Crippen molar-refractivity contribution in [3.8, 4) is 5.69 Å². The number of carbonyl (C=O) groups is 1. The molecule has 0 atom stereocenters. The van der Waals surface area contributed by atoms with E-state index in [2.05, 4.69) is 40.6 Å². The monoisotopic (exact) mass is 385 g/mol. The molecular formula is C21H31N5O2. The molecule has 0 saturated carbocycles. The lowest BCUT2D eigenvalue weighted by molar-refractivity contribution is 0.0509. The number of piperidine rings is 1. The minimum Gasteiger partial charge on any atom is -0.384 e. The van der Waals surface area contributed by atoms with Crippen molar-refractivity contribution in [1.82, 2.24) is 25.4 Å². The van der Waals surface area contributed by atoms with Crippen LogP contribution in [-0.2, 0) is 4.74 Å². The first-order valence-corrected chi connectivity index (χ1v) is 9.96. The molecule has 1 amide bonds. The number of aromatic nitrogens is 3. The van der Waals surface area contributed by atoms with E-state index in [9.17, 15) is 4.79 Å². The maximum Gasteiger partial charge on any atom is 0.291 e. The van der Waals surface area contributed by atoms with Crippen molar-refractivity contribution in [2.24, 2.45) is 5.41 Å². The minimum absolute atomic E-state index is 0.0302. The van der Waals surface area contributed by atoms with Crippen molar-refractivity contribution >= 4 is 5.91 Å². The van der Waals surface area contributed by atoms with Gasteiger partial charge in [-0.25, -0.2) is 9.67 Å². The van der Waals surface area contributed by atoms with Gasteiger partial charge in [0.25, 0.3) is 5.91 Å². The summed E-state index contributed by atoms with van der Waals surface area (Å²) >= 11 is 0. The number of methoxy groups -OCH3 is 1. The molecule has 0 aliphatic carbocycles. The number of nitrogens with one attached hydrogen (secondary N) is 2. The van der Waals surface area contributed by atoms with Crippen LogP contribution in [-0.4, -0.2) is 54.0 Å². The Morgan fingerprint density at radius 2 is 2.04 bits per heavy atom. The highest BCUT2D eigenvalue weighted by Gasteiger charge is 2.33. The zero-order valence-electron chi connectivity index (χ0n) is 17.3. The van der Waals surface area contributed by atoms with Gasteiger partial charge in [0.15, 0.2) is 0 Å². The summed E-state index contributed by atoms with van der Waals surface area (Å²) < 4.78 is 7.19. The molecule has 7 heteroatoms. The second-order valence-corrected chi connectivity index (χ2v) is 7.97. The Balaban J connectivity index is 1.76. The van der Waals surface area contributed by atoms with Crippen LogP contribution in [0, 0.1) is 12.3 Å². The minimum atomic E-state index is -0.238. The normalized spacial score (nSPS) is 16.3. The summed E-state index contributed by atoms with van der Waals surface area (Å²) in [5.74, 6) is 1.02. The molecular weight excluding hydrogens is 354 g/mol. The number of rotatable bonds is 7. The summed E-state index contributed by atoms with van der Waals surface area (Å²) in [6.07, 6.45) is 1.95. The lowest BCUT2D eigenvalue weighted by Gasteiger charge is -2.37. The second kappa shape index (κ2) is 8.84. The van der Waals surface area contributed by atoms with Gasteiger partial charge in [-0.2, -0.15) is 0 Å². The average molecular weight is 386 g/mol. The van der Waals surface area contributed by atoms with Gasteiger partial charge in [0, 0.05) is 19.1 Å². The number of benzene rings is 1. The SMILES string of the molecule is COCC1(CNC(=O)c2nc(C)n(-c3ccccc3C(C)C)n2)CCNCC1. The fourth-order valence-electron chi connectivity index (χ4n) is 3.87. The van der Waals surface area contributed by atoms with Crippen LogP contribution >= 0.6 is 0 Å². The number of amides is 1. The van der Waals surface area contributed by atoms with E-state index in [1.54, 1.807) is 11.8 Å². The molecule has 1 aromatic heterocycles. The third kappa shape index (κ3) is 4.42. The van der Waals surface area contributed by atoms with Gasteiger partial charge < -0.3 is 15.4 Å². The Morgan fingerprint density at radius 3 is 2.71 bits per heavy atom. The van der Waals surface area contributed by atoms with E-state index in [1.807, 2.05) is 25.1 Å². The summed E-state index contributed by atoms with van der Waals surface area (Å²) in [6, 6.07) is 8.11. The Bertz CT molecular complexity index is 803. The van der Waals surface area contributed by atoms with Crippen molar-refractivity contribution < 1.29 is 9.53 Å². The van der Waals surface area contributed by atoms with Gasteiger partial charge in [0.05, 0.1) is 12.3 Å². The van der Waals surface area contributed by atoms with Crippen LogP contribution in [0.5, 0.6) is 0 Å². The van der Waals surface area contributed by atoms with E-state index < -0.39 is 0 Å². The van der Waals surface area contributed by atoms with Crippen molar-refractivity contribution in [2.75, 3.05) is 33.4 Å². The molecule has 2 N–H and O–H groups in total. The highest BCUT2D eigenvalue weighted by molar-refractivity contribution is 5.90. The second-order valence-electron chi connectivity index (χ2n) is 7.97. The zero-order valence-corrected chi connectivity index (χ0v) is 17.3. The number of aryl methyl sites for hydroxylation is 1. The molecule has 0 bridgehead atoms. The van der Waals surface area contributed by atoms with Gasteiger partial charge in [0.1, 0.15) is 5.82 Å². The van der Waals surface area contributed by atoms with E-state index in [4.69, 9.17) is 4.74 Å². The smallest absolute Gasteiger partial charge is 0.291 e. The molecule has 1 fully saturated rings. The highest BCUT2D eigenvalue weighted by atomic mass is 16.5. The molecule has 1 aromatic carbocycles. The van der Waals surface area contributed by atoms with Crippen LogP contribution in [0.25, 0.3) is 5.69 Å². The predicted octanol–water partition coefficient (Wildman–Crippen LogP) is 2.45. The van der Waals surface area contributed by atoms with E-state index in [1.165, 1.54) is 5.56 Å². The van der Waals surface area contributed by atoms with E-state index in [-0.39, 0.29) is 17.1 Å². The number of para-hydroxylation sites is 1. The maximum absolute atomic E-state index is 12.7. The zero-order chi connectivity index (χ0) is 20.1. The number of nitrogens with zero attached hydrogens (tertiary/aromatic N) is 3. The van der Waals surface area contributed by atoms with E-state index in [0.717, 1.165) is 31.6 Å². The van der Waals surface area contributed by atoms with Gasteiger partial charge >= 0.3 is 0 Å². The van der Waals surface area contributed by atoms with Crippen molar-refractivity contribution in [3.63, 3.8) is 0 Å². The number of hydrogen-bond donors (Lipinski definition) is 2. The highest BCUT2D eigenvalue weighted by Crippen LogP contribution is 2.28. The van der Waals surface area contributed by atoms with Crippen LogP contribution in [0.15, 0.2) is 24.3 Å². The molecule has 3 rings (SSSR count). The molecule has 7 nitrogen and oxygen atoms in total. The third-order valence-corrected chi connectivity index (χ3v) is 5.50. The Morgan fingerprint density at radius 1 is 1.32 bits per heavy atom. The lowest BCUT2D eigenvalue weighted by Crippen LogP contribution is -2.47. The molecule has 1 saturated heterocycles. The number of ether oxygens (including phenoxy) is 1. The summed E-state index contributed by atoms with van der Waals surface area (Å²) in [7, 11) is 1.71. The molecule has 28 heavy (non-hydrogen) atoms. The number of carbonyl (C=O) groups excluding carboxylic acids is 1. The van der Waals surface area contributed by atoms with E-state index in [0.29, 0.717) is 24.9 Å². The van der Waals surface area contributed by atoms with Crippen LogP contribution in [0.1, 0.15) is 54.6 Å². The van der Waals surface area contributed by atoms with Gasteiger partial charge in [-0.05, 0) is 50.4 Å². The predicted molar refractivity (Wildman–Crippen MR) is 109 cm³/mol. The topological polar surface area (TPSA) is 81.1 Å². The molecule has 0 spiro atoms. The van der Waals surface area contributed by atoms with Crippen molar-refractivity contribution in [1.29, 1.82) is 0 Å². The first kappa shape index (κ1) is 20.5. The van der Waals surface area contributed by atoms with E-state index >= 15 is 0 Å². The quantitative estimate of drug-likeness (QED) is 0.765. The molecule has 0 unspecified atom stereocenters. The first-order valence-electron chi connectivity index (χ1n) is 9.96.